The lowest BCUT2D eigenvalue weighted by atomic mass is 9.76. The lowest BCUT2D eigenvalue weighted by Crippen LogP contribution is -2.33. The second-order valence-corrected chi connectivity index (χ2v) is 5.71. The molecule has 1 atom stereocenters. The van der Waals surface area contributed by atoms with Gasteiger partial charge in [-0.15, -0.1) is 0 Å². The molecule has 0 bridgehead atoms. The van der Waals surface area contributed by atoms with Gasteiger partial charge in [-0.1, -0.05) is 43.5 Å². The average Bonchev–Trinajstić information content (AvgIpc) is 2.82. The molecule has 2 rings (SSSR count). The third kappa shape index (κ3) is 2.83. The zero-order chi connectivity index (χ0) is 12.3. The van der Waals surface area contributed by atoms with E-state index in [1.54, 1.807) is 0 Å². The Kier molecular flexibility index (Phi) is 4.11. The van der Waals surface area contributed by atoms with Crippen LogP contribution in [0.4, 0.5) is 0 Å². The van der Waals surface area contributed by atoms with E-state index in [2.05, 4.69) is 6.92 Å². The molecule has 1 nitrogen and oxygen atoms in total. The standard InChI is InChI=1S/C15H21ClO/c1-2-15(9-3-4-10-15)14(17)11-12-5-7-13(16)8-6-12/h5-8,14,17H,2-4,9-11H2,1H3. The Morgan fingerprint density at radius 2 is 1.82 bits per heavy atom. The molecular weight excluding hydrogens is 232 g/mol. The first kappa shape index (κ1) is 12.9. The average molecular weight is 253 g/mol. The van der Waals surface area contributed by atoms with Crippen molar-refractivity contribution in [2.24, 2.45) is 5.41 Å². The SMILES string of the molecule is CCC1(C(O)Cc2ccc(Cl)cc2)CCCC1. The molecule has 17 heavy (non-hydrogen) atoms. The maximum Gasteiger partial charge on any atom is 0.0636 e. The molecule has 94 valence electrons. The second-order valence-electron chi connectivity index (χ2n) is 5.27. The molecule has 1 aromatic carbocycles. The van der Waals surface area contributed by atoms with Crippen LogP contribution in [-0.4, -0.2) is 11.2 Å². The highest BCUT2D eigenvalue weighted by atomic mass is 35.5. The molecular formula is C15H21ClO. The van der Waals surface area contributed by atoms with Crippen molar-refractivity contribution < 1.29 is 5.11 Å². The monoisotopic (exact) mass is 252 g/mol. The minimum atomic E-state index is -0.212. The predicted molar refractivity (Wildman–Crippen MR) is 72.4 cm³/mol. The van der Waals surface area contributed by atoms with Gasteiger partial charge in [0.15, 0.2) is 0 Å². The van der Waals surface area contributed by atoms with E-state index in [9.17, 15) is 5.11 Å². The van der Waals surface area contributed by atoms with Crippen molar-refractivity contribution in [2.45, 2.75) is 51.6 Å². The Bertz CT molecular complexity index is 352. The number of halogens is 1. The number of rotatable bonds is 4. The molecule has 2 heteroatoms. The summed E-state index contributed by atoms with van der Waals surface area (Å²) in [6.07, 6.45) is 6.52. The zero-order valence-corrected chi connectivity index (χ0v) is 11.2. The van der Waals surface area contributed by atoms with Gasteiger partial charge in [0.2, 0.25) is 0 Å². The molecule has 0 amide bonds. The fraction of sp³-hybridized carbons (Fsp3) is 0.600. The quantitative estimate of drug-likeness (QED) is 0.851. The lowest BCUT2D eigenvalue weighted by Gasteiger charge is -2.33. The smallest absolute Gasteiger partial charge is 0.0636 e. The topological polar surface area (TPSA) is 20.2 Å². The minimum absolute atomic E-state index is 0.166. The number of aliphatic hydroxyl groups excluding tert-OH is 1. The van der Waals surface area contributed by atoms with Gasteiger partial charge in [0.1, 0.15) is 0 Å². The molecule has 1 N–H and O–H groups in total. The number of hydrogen-bond acceptors (Lipinski definition) is 1. The van der Waals surface area contributed by atoms with Gasteiger partial charge in [-0.2, -0.15) is 0 Å². The van der Waals surface area contributed by atoms with Crippen LogP contribution >= 0.6 is 11.6 Å². The molecule has 0 saturated heterocycles. The van der Waals surface area contributed by atoms with E-state index in [-0.39, 0.29) is 11.5 Å². The van der Waals surface area contributed by atoms with Crippen LogP contribution in [0.3, 0.4) is 0 Å². The third-order valence-corrected chi connectivity index (χ3v) is 4.60. The molecule has 0 radical (unpaired) electrons. The highest BCUT2D eigenvalue weighted by Gasteiger charge is 2.38. The van der Waals surface area contributed by atoms with Crippen LogP contribution in [0.2, 0.25) is 5.02 Å². The minimum Gasteiger partial charge on any atom is -0.392 e. The van der Waals surface area contributed by atoms with Gasteiger partial charge in [-0.3, -0.25) is 0 Å². The van der Waals surface area contributed by atoms with E-state index >= 15 is 0 Å². The Hall–Kier alpha value is -0.530. The van der Waals surface area contributed by atoms with Gasteiger partial charge < -0.3 is 5.11 Å². The zero-order valence-electron chi connectivity index (χ0n) is 10.5. The predicted octanol–water partition coefficient (Wildman–Crippen LogP) is 4.21. The first-order valence-corrected chi connectivity index (χ1v) is 6.96. The fourth-order valence-corrected chi connectivity index (χ4v) is 3.19. The summed E-state index contributed by atoms with van der Waals surface area (Å²) < 4.78 is 0. The van der Waals surface area contributed by atoms with Gasteiger partial charge in [0, 0.05) is 5.02 Å². The van der Waals surface area contributed by atoms with Crippen molar-refractivity contribution in [3.05, 3.63) is 34.9 Å². The summed E-state index contributed by atoms with van der Waals surface area (Å²) in [5.74, 6) is 0. The van der Waals surface area contributed by atoms with Crippen LogP contribution in [0.1, 0.15) is 44.6 Å². The van der Waals surface area contributed by atoms with Crippen molar-refractivity contribution >= 4 is 11.6 Å². The number of hydrogen-bond donors (Lipinski definition) is 1. The fourth-order valence-electron chi connectivity index (χ4n) is 3.06. The summed E-state index contributed by atoms with van der Waals surface area (Å²) in [5, 5.41) is 11.2. The summed E-state index contributed by atoms with van der Waals surface area (Å²) in [6.45, 7) is 2.20. The van der Waals surface area contributed by atoms with Crippen LogP contribution in [0.25, 0.3) is 0 Å². The van der Waals surface area contributed by atoms with Crippen molar-refractivity contribution in [1.82, 2.24) is 0 Å². The van der Waals surface area contributed by atoms with Crippen LogP contribution < -0.4 is 0 Å². The van der Waals surface area contributed by atoms with Gasteiger partial charge in [0.25, 0.3) is 0 Å². The normalized spacial score (nSPS) is 20.4. The summed E-state index contributed by atoms with van der Waals surface area (Å²) >= 11 is 5.87. The van der Waals surface area contributed by atoms with Crippen LogP contribution in [0.5, 0.6) is 0 Å². The molecule has 1 fully saturated rings. The Labute approximate surface area is 109 Å². The molecule has 0 spiro atoms. The molecule has 1 aliphatic rings. The Balaban J connectivity index is 2.05. The van der Waals surface area contributed by atoms with E-state index < -0.39 is 0 Å². The molecule has 1 aliphatic carbocycles. The van der Waals surface area contributed by atoms with Crippen LogP contribution in [0.15, 0.2) is 24.3 Å². The van der Waals surface area contributed by atoms with E-state index in [1.807, 2.05) is 24.3 Å². The summed E-state index contributed by atoms with van der Waals surface area (Å²) in [6, 6.07) is 7.83. The highest BCUT2D eigenvalue weighted by Crippen LogP contribution is 2.44. The largest absolute Gasteiger partial charge is 0.392 e. The number of aliphatic hydroxyl groups is 1. The molecule has 0 heterocycles. The van der Waals surface area contributed by atoms with Crippen molar-refractivity contribution in [1.29, 1.82) is 0 Å². The van der Waals surface area contributed by atoms with Crippen molar-refractivity contribution in [3.8, 4) is 0 Å². The summed E-state index contributed by atoms with van der Waals surface area (Å²) in [7, 11) is 0. The molecule has 0 aliphatic heterocycles. The van der Waals surface area contributed by atoms with E-state index in [0.717, 1.165) is 17.9 Å². The molecule has 0 aromatic heterocycles. The summed E-state index contributed by atoms with van der Waals surface area (Å²) in [4.78, 5) is 0. The first-order chi connectivity index (χ1) is 8.16. The van der Waals surface area contributed by atoms with E-state index in [4.69, 9.17) is 11.6 Å². The second kappa shape index (κ2) is 5.41. The third-order valence-electron chi connectivity index (χ3n) is 4.35. The lowest BCUT2D eigenvalue weighted by molar-refractivity contribution is 0.0257. The molecule has 1 aromatic rings. The maximum atomic E-state index is 10.5. The molecule has 1 unspecified atom stereocenters. The Morgan fingerprint density at radius 3 is 2.35 bits per heavy atom. The summed E-state index contributed by atoms with van der Waals surface area (Å²) in [5.41, 5.74) is 1.35. The van der Waals surface area contributed by atoms with E-state index in [0.29, 0.717) is 0 Å². The molecule has 1 saturated carbocycles. The van der Waals surface area contributed by atoms with Gasteiger partial charge in [-0.05, 0) is 48.8 Å². The van der Waals surface area contributed by atoms with Crippen molar-refractivity contribution in [3.63, 3.8) is 0 Å². The van der Waals surface area contributed by atoms with Crippen LogP contribution in [0, 0.1) is 5.41 Å². The van der Waals surface area contributed by atoms with Crippen molar-refractivity contribution in [2.75, 3.05) is 0 Å². The maximum absolute atomic E-state index is 10.5. The first-order valence-electron chi connectivity index (χ1n) is 6.59. The van der Waals surface area contributed by atoms with Gasteiger partial charge >= 0.3 is 0 Å². The van der Waals surface area contributed by atoms with Crippen LogP contribution in [-0.2, 0) is 6.42 Å². The van der Waals surface area contributed by atoms with Gasteiger partial charge in [0.05, 0.1) is 6.10 Å². The highest BCUT2D eigenvalue weighted by molar-refractivity contribution is 6.30. The van der Waals surface area contributed by atoms with Gasteiger partial charge in [-0.25, -0.2) is 0 Å². The number of benzene rings is 1. The van der Waals surface area contributed by atoms with E-state index in [1.165, 1.54) is 31.2 Å². The Morgan fingerprint density at radius 1 is 1.24 bits per heavy atom.